The Labute approximate surface area is 194 Å². The first-order valence-corrected chi connectivity index (χ1v) is 10.9. The fraction of sp³-hybridized carbons (Fsp3) is 0.154. The second-order valence-corrected chi connectivity index (χ2v) is 8.80. The molecule has 3 aromatic rings. The molecule has 162 valence electrons. The first-order valence-electron chi connectivity index (χ1n) is 10.1. The number of aliphatic hydroxyl groups excluding tert-OH is 1. The van der Waals surface area contributed by atoms with E-state index in [1.807, 2.05) is 32.9 Å². The molecule has 0 spiro atoms. The van der Waals surface area contributed by atoms with E-state index in [2.05, 4.69) is 15.9 Å². The minimum Gasteiger partial charge on any atom is -0.508 e. The smallest absolute Gasteiger partial charge is 0.300 e. The Morgan fingerprint density at radius 2 is 1.62 bits per heavy atom. The monoisotopic (exact) mass is 491 g/mol. The Bertz CT molecular complexity index is 1280. The summed E-state index contributed by atoms with van der Waals surface area (Å²) < 4.78 is 0.875. The number of phenolic OH excluding ortho intramolecular Hbond substituents is 1. The van der Waals surface area contributed by atoms with Crippen LogP contribution in [0.2, 0.25) is 0 Å². The first-order chi connectivity index (χ1) is 15.2. The van der Waals surface area contributed by atoms with Crippen LogP contribution in [0.3, 0.4) is 0 Å². The van der Waals surface area contributed by atoms with Crippen LogP contribution in [0.5, 0.6) is 5.75 Å². The number of nitrogens with zero attached hydrogens (tertiary/aromatic N) is 1. The summed E-state index contributed by atoms with van der Waals surface area (Å²) in [5.41, 5.74) is 4.43. The maximum absolute atomic E-state index is 13.3. The van der Waals surface area contributed by atoms with Gasteiger partial charge in [0.15, 0.2) is 0 Å². The molecule has 1 atom stereocenters. The number of phenols is 1. The van der Waals surface area contributed by atoms with Crippen LogP contribution in [0.1, 0.15) is 33.9 Å². The lowest BCUT2D eigenvalue weighted by atomic mass is 9.94. The van der Waals surface area contributed by atoms with E-state index in [4.69, 9.17) is 0 Å². The van der Waals surface area contributed by atoms with Gasteiger partial charge >= 0.3 is 0 Å². The third kappa shape index (κ3) is 3.60. The van der Waals surface area contributed by atoms with Crippen LogP contribution < -0.4 is 4.90 Å². The lowest BCUT2D eigenvalue weighted by Crippen LogP contribution is -2.30. The molecule has 6 heteroatoms. The molecule has 3 aromatic carbocycles. The zero-order valence-electron chi connectivity index (χ0n) is 17.9. The predicted molar refractivity (Wildman–Crippen MR) is 128 cm³/mol. The molecule has 1 heterocycles. The van der Waals surface area contributed by atoms with Crippen molar-refractivity contribution in [2.75, 3.05) is 4.90 Å². The Hall–Kier alpha value is -3.38. The van der Waals surface area contributed by atoms with Crippen LogP contribution in [0.4, 0.5) is 5.69 Å². The Morgan fingerprint density at radius 1 is 0.938 bits per heavy atom. The van der Waals surface area contributed by atoms with Crippen molar-refractivity contribution in [1.29, 1.82) is 0 Å². The number of aryl methyl sites for hydroxylation is 2. The molecule has 1 aliphatic heterocycles. The lowest BCUT2D eigenvalue weighted by molar-refractivity contribution is -0.132. The van der Waals surface area contributed by atoms with Gasteiger partial charge in [0, 0.05) is 15.7 Å². The highest BCUT2D eigenvalue weighted by Gasteiger charge is 2.47. The van der Waals surface area contributed by atoms with Gasteiger partial charge in [0.2, 0.25) is 0 Å². The van der Waals surface area contributed by atoms with Crippen molar-refractivity contribution in [3.8, 4) is 5.75 Å². The Balaban J connectivity index is 1.99. The van der Waals surface area contributed by atoms with Gasteiger partial charge in [0.05, 0.1) is 11.6 Å². The van der Waals surface area contributed by atoms with Crippen molar-refractivity contribution in [2.24, 2.45) is 0 Å². The number of halogens is 1. The molecule has 1 amide bonds. The van der Waals surface area contributed by atoms with Crippen molar-refractivity contribution in [3.63, 3.8) is 0 Å². The number of ketones is 1. The third-order valence-electron chi connectivity index (χ3n) is 5.92. The van der Waals surface area contributed by atoms with Gasteiger partial charge in [0.25, 0.3) is 11.7 Å². The molecule has 4 rings (SSSR count). The summed E-state index contributed by atoms with van der Waals surface area (Å²) >= 11 is 3.44. The summed E-state index contributed by atoms with van der Waals surface area (Å²) in [6.45, 7) is 5.72. The van der Waals surface area contributed by atoms with E-state index < -0.39 is 17.7 Å². The molecule has 1 aliphatic rings. The van der Waals surface area contributed by atoms with Crippen LogP contribution >= 0.6 is 15.9 Å². The molecule has 32 heavy (non-hydrogen) atoms. The van der Waals surface area contributed by atoms with Crippen LogP contribution in [0.15, 0.2) is 70.7 Å². The molecule has 1 fully saturated rings. The SMILES string of the molecule is Cc1cc(/C(O)=C2\C(=O)C(=O)N(c3cccc(C)c3C)C2c2ccc(O)cc2)ccc1Br. The maximum atomic E-state index is 13.3. The molecule has 5 nitrogen and oxygen atoms in total. The molecule has 0 aromatic heterocycles. The van der Waals surface area contributed by atoms with Crippen LogP contribution in [0.25, 0.3) is 5.76 Å². The van der Waals surface area contributed by atoms with Crippen molar-refractivity contribution in [1.82, 2.24) is 0 Å². The van der Waals surface area contributed by atoms with Crippen LogP contribution in [0, 0.1) is 20.8 Å². The summed E-state index contributed by atoms with van der Waals surface area (Å²) in [4.78, 5) is 27.9. The van der Waals surface area contributed by atoms with Gasteiger partial charge in [-0.1, -0.05) is 46.3 Å². The van der Waals surface area contributed by atoms with Crippen molar-refractivity contribution in [2.45, 2.75) is 26.8 Å². The summed E-state index contributed by atoms with van der Waals surface area (Å²) in [6.07, 6.45) is 0. The highest BCUT2D eigenvalue weighted by molar-refractivity contribution is 9.10. The molecule has 0 saturated carbocycles. The first kappa shape index (κ1) is 21.8. The van der Waals surface area contributed by atoms with E-state index >= 15 is 0 Å². The van der Waals surface area contributed by atoms with E-state index in [1.165, 1.54) is 17.0 Å². The third-order valence-corrected chi connectivity index (χ3v) is 6.81. The number of aliphatic hydroxyl groups is 1. The van der Waals surface area contributed by atoms with E-state index in [1.54, 1.807) is 36.4 Å². The number of carbonyl (C=O) groups excluding carboxylic acids is 2. The highest BCUT2D eigenvalue weighted by Crippen LogP contribution is 2.43. The van der Waals surface area contributed by atoms with Crippen LogP contribution in [-0.4, -0.2) is 21.9 Å². The van der Waals surface area contributed by atoms with Crippen molar-refractivity contribution in [3.05, 3.63) is 98.5 Å². The summed E-state index contributed by atoms with van der Waals surface area (Å²) in [5, 5.41) is 21.0. The summed E-state index contributed by atoms with van der Waals surface area (Å²) in [6, 6.07) is 16.3. The van der Waals surface area contributed by atoms with Gasteiger partial charge in [0.1, 0.15) is 11.5 Å². The number of anilines is 1. The summed E-state index contributed by atoms with van der Waals surface area (Å²) in [7, 11) is 0. The van der Waals surface area contributed by atoms with E-state index in [-0.39, 0.29) is 17.1 Å². The van der Waals surface area contributed by atoms with Gasteiger partial charge in [-0.05, 0) is 73.4 Å². The van der Waals surface area contributed by atoms with Gasteiger partial charge in [-0.15, -0.1) is 0 Å². The normalized spacial score (nSPS) is 17.8. The van der Waals surface area contributed by atoms with Crippen LogP contribution in [-0.2, 0) is 9.59 Å². The number of Topliss-reactive ketones (excluding diaryl/α,β-unsaturated/α-hetero) is 1. The lowest BCUT2D eigenvalue weighted by Gasteiger charge is -2.27. The number of aromatic hydroxyl groups is 1. The summed E-state index contributed by atoms with van der Waals surface area (Å²) in [5.74, 6) is -1.61. The molecule has 0 bridgehead atoms. The second-order valence-electron chi connectivity index (χ2n) is 7.94. The topological polar surface area (TPSA) is 77.8 Å². The highest BCUT2D eigenvalue weighted by atomic mass is 79.9. The van der Waals surface area contributed by atoms with Gasteiger partial charge in [-0.3, -0.25) is 14.5 Å². The number of amides is 1. The van der Waals surface area contributed by atoms with E-state index in [0.29, 0.717) is 16.8 Å². The molecule has 1 saturated heterocycles. The number of hydrogen-bond acceptors (Lipinski definition) is 4. The zero-order valence-corrected chi connectivity index (χ0v) is 19.5. The van der Waals surface area contributed by atoms with E-state index in [0.717, 1.165) is 21.2 Å². The van der Waals surface area contributed by atoms with E-state index in [9.17, 15) is 19.8 Å². The minimum absolute atomic E-state index is 0.0170. The fourth-order valence-electron chi connectivity index (χ4n) is 4.00. The van der Waals surface area contributed by atoms with Gasteiger partial charge in [-0.25, -0.2) is 0 Å². The number of rotatable bonds is 3. The van der Waals surface area contributed by atoms with Crippen molar-refractivity contribution < 1.29 is 19.8 Å². The molecule has 2 N–H and O–H groups in total. The molecular weight excluding hydrogens is 470 g/mol. The largest absolute Gasteiger partial charge is 0.508 e. The maximum Gasteiger partial charge on any atom is 0.300 e. The quantitative estimate of drug-likeness (QED) is 0.279. The second kappa shape index (κ2) is 8.28. The van der Waals surface area contributed by atoms with Gasteiger partial charge < -0.3 is 10.2 Å². The molecule has 1 unspecified atom stereocenters. The Morgan fingerprint density at radius 3 is 2.28 bits per heavy atom. The fourth-order valence-corrected chi connectivity index (χ4v) is 4.24. The van der Waals surface area contributed by atoms with Gasteiger partial charge in [-0.2, -0.15) is 0 Å². The van der Waals surface area contributed by atoms with Crippen molar-refractivity contribution >= 4 is 39.1 Å². The number of hydrogen-bond donors (Lipinski definition) is 2. The zero-order chi connectivity index (χ0) is 23.2. The number of carbonyl (C=O) groups is 2. The molecule has 0 aliphatic carbocycles. The Kier molecular flexibility index (Phi) is 5.65. The average Bonchev–Trinajstić information content (AvgIpc) is 3.03. The molecular formula is C26H22BrNO4. The average molecular weight is 492 g/mol. The standard InChI is InChI=1S/C26H22BrNO4/c1-14-5-4-6-21(16(14)3)28-23(17-7-10-19(29)11-8-17)22(25(31)26(28)32)24(30)18-9-12-20(27)15(2)13-18/h4-13,23,29-30H,1-3H3/b24-22+. The minimum atomic E-state index is -0.833. The number of benzene rings is 3. The molecule has 0 radical (unpaired) electrons. The predicted octanol–water partition coefficient (Wildman–Crippen LogP) is 5.71.